The van der Waals surface area contributed by atoms with Crippen LogP contribution >= 0.6 is 34.5 Å². The number of rotatable bonds is 3. The molecule has 2 atom stereocenters. The number of nitrogens with zero attached hydrogens (tertiary/aromatic N) is 2. The van der Waals surface area contributed by atoms with Gasteiger partial charge < -0.3 is 9.47 Å². The van der Waals surface area contributed by atoms with Gasteiger partial charge in [0.1, 0.15) is 6.54 Å². The van der Waals surface area contributed by atoms with Crippen molar-refractivity contribution in [3.05, 3.63) is 56.2 Å². The molecule has 0 radical (unpaired) electrons. The second-order valence-corrected chi connectivity index (χ2v) is 8.32. The number of carbonyl (C=O) groups excluding carboxylic acids is 1. The molecule has 1 saturated heterocycles. The van der Waals surface area contributed by atoms with Crippen molar-refractivity contribution in [3.8, 4) is 11.1 Å². The van der Waals surface area contributed by atoms with E-state index in [9.17, 15) is 18.4 Å². The summed E-state index contributed by atoms with van der Waals surface area (Å²) in [6.45, 7) is -0.848. The van der Waals surface area contributed by atoms with E-state index >= 15 is 0 Å². The molecule has 146 valence electrons. The summed E-state index contributed by atoms with van der Waals surface area (Å²) in [5.41, 5.74) is 1.09. The van der Waals surface area contributed by atoms with Crippen LogP contribution in [0, 0.1) is 0 Å². The summed E-state index contributed by atoms with van der Waals surface area (Å²) in [7, 11) is 0. The number of thiophene rings is 1. The van der Waals surface area contributed by atoms with Crippen molar-refractivity contribution in [1.82, 2.24) is 9.47 Å². The molecular formula is C19H14Cl2F2N2O2S. The van der Waals surface area contributed by atoms with E-state index in [-0.39, 0.29) is 25.2 Å². The predicted molar refractivity (Wildman–Crippen MR) is 108 cm³/mol. The maximum absolute atomic E-state index is 13.4. The fraction of sp³-hybridized carbons (Fsp3) is 0.263. The van der Waals surface area contributed by atoms with E-state index in [4.69, 9.17) is 23.2 Å². The first kappa shape index (κ1) is 19.4. The number of hydrogen-bond acceptors (Lipinski definition) is 3. The highest BCUT2D eigenvalue weighted by Crippen LogP contribution is 2.34. The molecule has 28 heavy (non-hydrogen) atoms. The van der Waals surface area contributed by atoms with Crippen LogP contribution in [0.5, 0.6) is 0 Å². The van der Waals surface area contributed by atoms with Gasteiger partial charge in [-0.05, 0) is 23.8 Å². The third-order valence-electron chi connectivity index (χ3n) is 4.77. The zero-order valence-corrected chi connectivity index (χ0v) is 16.7. The number of halogens is 4. The minimum atomic E-state index is -1.68. The SMILES string of the molecule is O=C(Cn1ccc2scc(-c3ccc(Cl)c(Cl)c3)c2c1=O)N1CC(F)C(F)C1. The second-order valence-electron chi connectivity index (χ2n) is 6.60. The molecule has 4 rings (SSSR count). The summed E-state index contributed by atoms with van der Waals surface area (Å²) in [5, 5.41) is 3.10. The van der Waals surface area contributed by atoms with Crippen LogP contribution < -0.4 is 5.56 Å². The number of pyridine rings is 1. The van der Waals surface area contributed by atoms with Gasteiger partial charge in [-0.1, -0.05) is 29.3 Å². The van der Waals surface area contributed by atoms with Gasteiger partial charge in [-0.25, -0.2) is 8.78 Å². The lowest BCUT2D eigenvalue weighted by Gasteiger charge is -2.16. The minimum absolute atomic E-state index is 0.273. The van der Waals surface area contributed by atoms with Gasteiger partial charge >= 0.3 is 0 Å². The van der Waals surface area contributed by atoms with E-state index in [0.29, 0.717) is 21.0 Å². The maximum atomic E-state index is 13.4. The van der Waals surface area contributed by atoms with Crippen LogP contribution in [0.15, 0.2) is 40.6 Å². The van der Waals surface area contributed by atoms with Gasteiger partial charge in [0.2, 0.25) is 5.91 Å². The average Bonchev–Trinajstić information content (AvgIpc) is 3.24. The Labute approximate surface area is 172 Å². The third kappa shape index (κ3) is 3.43. The first-order valence-electron chi connectivity index (χ1n) is 8.47. The highest BCUT2D eigenvalue weighted by atomic mass is 35.5. The molecule has 0 N–H and O–H groups in total. The third-order valence-corrected chi connectivity index (χ3v) is 6.46. The molecule has 0 bridgehead atoms. The van der Waals surface area contributed by atoms with Gasteiger partial charge in [0.15, 0.2) is 12.3 Å². The van der Waals surface area contributed by atoms with E-state index in [1.54, 1.807) is 24.3 Å². The summed E-state index contributed by atoms with van der Waals surface area (Å²) in [5.74, 6) is -0.490. The molecule has 2 unspecified atom stereocenters. The Balaban J connectivity index is 1.70. The molecule has 1 aliphatic rings. The highest BCUT2D eigenvalue weighted by molar-refractivity contribution is 7.17. The number of hydrogen-bond donors (Lipinski definition) is 0. The average molecular weight is 443 g/mol. The Morgan fingerprint density at radius 3 is 2.54 bits per heavy atom. The lowest BCUT2D eigenvalue weighted by Crippen LogP contribution is -2.35. The Kier molecular flexibility index (Phi) is 5.16. The zero-order valence-electron chi connectivity index (χ0n) is 14.4. The number of alkyl halides is 2. The van der Waals surface area contributed by atoms with E-state index < -0.39 is 18.3 Å². The predicted octanol–water partition coefficient (Wildman–Crippen LogP) is 4.56. The van der Waals surface area contributed by atoms with Gasteiger partial charge in [-0.3, -0.25) is 9.59 Å². The molecular weight excluding hydrogens is 429 g/mol. The molecule has 9 heteroatoms. The number of likely N-dealkylation sites (tertiary alicyclic amines) is 1. The molecule has 1 amide bonds. The molecule has 3 aromatic rings. The molecule has 1 aliphatic heterocycles. The topological polar surface area (TPSA) is 42.3 Å². The molecule has 0 spiro atoms. The summed E-state index contributed by atoms with van der Waals surface area (Å²) in [6.07, 6.45) is -1.84. The van der Waals surface area contributed by atoms with Crippen molar-refractivity contribution in [2.45, 2.75) is 18.9 Å². The summed E-state index contributed by atoms with van der Waals surface area (Å²) < 4.78 is 28.7. The molecule has 0 saturated carbocycles. The molecule has 1 aromatic carbocycles. The van der Waals surface area contributed by atoms with Crippen LogP contribution in [0.2, 0.25) is 10.0 Å². The fourth-order valence-electron chi connectivity index (χ4n) is 3.26. The number of fused-ring (bicyclic) bond motifs is 1. The van der Waals surface area contributed by atoms with Crippen molar-refractivity contribution in [1.29, 1.82) is 0 Å². The normalized spacial score (nSPS) is 19.5. The Hall–Kier alpha value is -1.96. The molecule has 0 aliphatic carbocycles. The van der Waals surface area contributed by atoms with E-state index in [2.05, 4.69) is 0 Å². The van der Waals surface area contributed by atoms with Crippen molar-refractivity contribution in [2.75, 3.05) is 13.1 Å². The highest BCUT2D eigenvalue weighted by Gasteiger charge is 2.35. The summed E-state index contributed by atoms with van der Waals surface area (Å²) in [6, 6.07) is 6.85. The van der Waals surface area contributed by atoms with Gasteiger partial charge in [0, 0.05) is 21.8 Å². The standard InChI is InChI=1S/C19H14Cl2F2N2O2S/c20-12-2-1-10(5-13(12)21)11-9-28-16-3-4-24(19(27)18(11)16)8-17(26)25-6-14(22)15(23)7-25/h1-5,9,14-15H,6-8H2. The van der Waals surface area contributed by atoms with Gasteiger partial charge in [-0.15, -0.1) is 11.3 Å². The van der Waals surface area contributed by atoms with E-state index in [1.165, 1.54) is 22.1 Å². The second kappa shape index (κ2) is 7.46. The van der Waals surface area contributed by atoms with Gasteiger partial charge in [-0.2, -0.15) is 0 Å². The lowest BCUT2D eigenvalue weighted by atomic mass is 10.1. The monoisotopic (exact) mass is 442 g/mol. The Morgan fingerprint density at radius 1 is 1.14 bits per heavy atom. The van der Waals surface area contributed by atoms with Crippen molar-refractivity contribution in [2.24, 2.45) is 0 Å². The van der Waals surface area contributed by atoms with Crippen LogP contribution in [-0.4, -0.2) is 40.8 Å². The van der Waals surface area contributed by atoms with Crippen molar-refractivity contribution in [3.63, 3.8) is 0 Å². The van der Waals surface area contributed by atoms with Crippen LogP contribution in [0.4, 0.5) is 8.78 Å². The number of carbonyl (C=O) groups is 1. The van der Waals surface area contributed by atoms with Crippen LogP contribution in [0.25, 0.3) is 21.2 Å². The van der Waals surface area contributed by atoms with Crippen LogP contribution in [-0.2, 0) is 11.3 Å². The van der Waals surface area contributed by atoms with Crippen molar-refractivity contribution < 1.29 is 13.6 Å². The zero-order chi connectivity index (χ0) is 20.0. The molecule has 2 aromatic heterocycles. The van der Waals surface area contributed by atoms with Crippen molar-refractivity contribution >= 4 is 50.5 Å². The minimum Gasteiger partial charge on any atom is -0.335 e. The quantitative estimate of drug-likeness (QED) is 0.596. The summed E-state index contributed by atoms with van der Waals surface area (Å²) >= 11 is 13.5. The molecule has 3 heterocycles. The number of benzene rings is 1. The Morgan fingerprint density at radius 2 is 1.86 bits per heavy atom. The number of aromatic nitrogens is 1. The smallest absolute Gasteiger partial charge is 0.260 e. The molecule has 4 nitrogen and oxygen atoms in total. The van der Waals surface area contributed by atoms with E-state index in [1.807, 2.05) is 5.38 Å². The maximum Gasteiger partial charge on any atom is 0.260 e. The lowest BCUT2D eigenvalue weighted by molar-refractivity contribution is -0.131. The van der Waals surface area contributed by atoms with Crippen LogP contribution in [0.1, 0.15) is 0 Å². The largest absolute Gasteiger partial charge is 0.335 e. The molecule has 1 fully saturated rings. The first-order chi connectivity index (χ1) is 13.3. The first-order valence-corrected chi connectivity index (χ1v) is 10.1. The van der Waals surface area contributed by atoms with Gasteiger partial charge in [0.05, 0.1) is 28.5 Å². The van der Waals surface area contributed by atoms with Crippen LogP contribution in [0.3, 0.4) is 0 Å². The number of amides is 1. The summed E-state index contributed by atoms with van der Waals surface area (Å²) in [4.78, 5) is 26.5. The van der Waals surface area contributed by atoms with Gasteiger partial charge in [0.25, 0.3) is 5.56 Å². The fourth-order valence-corrected chi connectivity index (χ4v) is 4.51. The Bertz CT molecular complexity index is 1120. The van der Waals surface area contributed by atoms with E-state index in [0.717, 1.165) is 15.2 Å².